The van der Waals surface area contributed by atoms with Crippen molar-refractivity contribution in [1.82, 2.24) is 15.1 Å². The van der Waals surface area contributed by atoms with Crippen molar-refractivity contribution in [2.75, 3.05) is 14.2 Å². The standard InChI is InChI=1S/C21H23N3O3/c1-14(2)22-21(25)20-13-19(15-6-5-7-18(12-15)27-4)23-24(20)16-8-10-17(26-3)11-9-16/h5-14H,1-4H3,(H,22,25). The van der Waals surface area contributed by atoms with Crippen LogP contribution in [0.2, 0.25) is 0 Å². The Balaban J connectivity index is 2.08. The van der Waals surface area contributed by atoms with Gasteiger partial charge in [-0.15, -0.1) is 0 Å². The van der Waals surface area contributed by atoms with E-state index in [-0.39, 0.29) is 11.9 Å². The van der Waals surface area contributed by atoms with Gasteiger partial charge in [0.25, 0.3) is 5.91 Å². The molecular formula is C21H23N3O3. The van der Waals surface area contributed by atoms with Crippen LogP contribution in [0, 0.1) is 0 Å². The van der Waals surface area contributed by atoms with E-state index in [1.165, 1.54) is 0 Å². The molecule has 0 atom stereocenters. The summed E-state index contributed by atoms with van der Waals surface area (Å²) in [7, 11) is 3.24. The van der Waals surface area contributed by atoms with Gasteiger partial charge in [0, 0.05) is 11.6 Å². The Hall–Kier alpha value is -3.28. The molecule has 0 aliphatic heterocycles. The minimum atomic E-state index is -0.178. The van der Waals surface area contributed by atoms with Gasteiger partial charge in [0.05, 0.1) is 25.6 Å². The Morgan fingerprint density at radius 1 is 1.00 bits per heavy atom. The van der Waals surface area contributed by atoms with Crippen LogP contribution in [0.3, 0.4) is 0 Å². The van der Waals surface area contributed by atoms with Gasteiger partial charge in [0.1, 0.15) is 17.2 Å². The second-order valence-electron chi connectivity index (χ2n) is 6.38. The Kier molecular flexibility index (Phi) is 5.45. The maximum Gasteiger partial charge on any atom is 0.270 e. The maximum absolute atomic E-state index is 12.7. The van der Waals surface area contributed by atoms with E-state index in [0.29, 0.717) is 11.4 Å². The van der Waals surface area contributed by atoms with E-state index < -0.39 is 0 Å². The third-order valence-corrected chi connectivity index (χ3v) is 4.04. The molecule has 0 aliphatic rings. The molecule has 0 bridgehead atoms. The highest BCUT2D eigenvalue weighted by molar-refractivity contribution is 5.94. The minimum Gasteiger partial charge on any atom is -0.497 e. The molecule has 1 heterocycles. The quantitative estimate of drug-likeness (QED) is 0.723. The van der Waals surface area contributed by atoms with E-state index in [1.807, 2.05) is 62.4 Å². The fraction of sp³-hybridized carbons (Fsp3) is 0.238. The number of aromatic nitrogens is 2. The monoisotopic (exact) mass is 365 g/mol. The highest BCUT2D eigenvalue weighted by Crippen LogP contribution is 2.26. The van der Waals surface area contributed by atoms with E-state index in [4.69, 9.17) is 9.47 Å². The minimum absolute atomic E-state index is 0.0250. The Labute approximate surface area is 158 Å². The summed E-state index contributed by atoms with van der Waals surface area (Å²) in [5.41, 5.74) is 2.81. The van der Waals surface area contributed by atoms with Gasteiger partial charge in [0.2, 0.25) is 0 Å². The lowest BCUT2D eigenvalue weighted by Crippen LogP contribution is -2.31. The summed E-state index contributed by atoms with van der Waals surface area (Å²) in [6.45, 7) is 3.85. The molecule has 0 saturated heterocycles. The number of carbonyl (C=O) groups excluding carboxylic acids is 1. The summed E-state index contributed by atoms with van der Waals surface area (Å²) in [6, 6.07) is 16.8. The Morgan fingerprint density at radius 2 is 1.70 bits per heavy atom. The second kappa shape index (κ2) is 7.95. The molecule has 0 unspecified atom stereocenters. The zero-order chi connectivity index (χ0) is 19.4. The van der Waals surface area contributed by atoms with Gasteiger partial charge in [-0.25, -0.2) is 4.68 Å². The third kappa shape index (κ3) is 4.11. The SMILES string of the molecule is COc1ccc(-n2nc(-c3cccc(OC)c3)cc2C(=O)NC(C)C)cc1. The number of hydrogen-bond acceptors (Lipinski definition) is 4. The first-order valence-corrected chi connectivity index (χ1v) is 8.71. The van der Waals surface area contributed by atoms with Gasteiger partial charge < -0.3 is 14.8 Å². The fourth-order valence-electron chi connectivity index (χ4n) is 2.72. The van der Waals surface area contributed by atoms with Crippen LogP contribution in [-0.4, -0.2) is 35.9 Å². The molecule has 1 amide bonds. The molecule has 0 fully saturated rings. The van der Waals surface area contributed by atoms with Crippen LogP contribution in [0.4, 0.5) is 0 Å². The molecule has 1 N–H and O–H groups in total. The number of ether oxygens (including phenoxy) is 2. The molecular weight excluding hydrogens is 342 g/mol. The van der Waals surface area contributed by atoms with E-state index in [9.17, 15) is 4.79 Å². The molecule has 3 aromatic rings. The van der Waals surface area contributed by atoms with E-state index in [1.54, 1.807) is 25.0 Å². The lowest BCUT2D eigenvalue weighted by Gasteiger charge is -2.10. The van der Waals surface area contributed by atoms with Crippen molar-refractivity contribution >= 4 is 5.91 Å². The Bertz CT molecular complexity index is 930. The summed E-state index contributed by atoms with van der Waals surface area (Å²) in [5.74, 6) is 1.30. The molecule has 0 radical (unpaired) electrons. The van der Waals surface area contributed by atoms with E-state index >= 15 is 0 Å². The number of nitrogens with one attached hydrogen (secondary N) is 1. The molecule has 140 valence electrons. The van der Waals surface area contributed by atoms with Crippen molar-refractivity contribution in [2.24, 2.45) is 0 Å². The van der Waals surface area contributed by atoms with E-state index in [0.717, 1.165) is 22.7 Å². The molecule has 0 spiro atoms. The smallest absolute Gasteiger partial charge is 0.270 e. The van der Waals surface area contributed by atoms with Gasteiger partial charge >= 0.3 is 0 Å². The fourth-order valence-corrected chi connectivity index (χ4v) is 2.72. The van der Waals surface area contributed by atoms with Crippen LogP contribution in [0.5, 0.6) is 11.5 Å². The highest BCUT2D eigenvalue weighted by Gasteiger charge is 2.18. The van der Waals surface area contributed by atoms with Crippen LogP contribution >= 0.6 is 0 Å². The number of amides is 1. The lowest BCUT2D eigenvalue weighted by molar-refractivity contribution is 0.0935. The van der Waals surface area contributed by atoms with Crippen LogP contribution < -0.4 is 14.8 Å². The molecule has 2 aromatic carbocycles. The molecule has 1 aromatic heterocycles. The maximum atomic E-state index is 12.7. The number of methoxy groups -OCH3 is 2. The first-order valence-electron chi connectivity index (χ1n) is 8.71. The number of nitrogens with zero attached hydrogens (tertiary/aromatic N) is 2. The van der Waals surface area contributed by atoms with Gasteiger partial charge in [-0.2, -0.15) is 5.10 Å². The summed E-state index contributed by atoms with van der Waals surface area (Å²) < 4.78 is 12.2. The Morgan fingerprint density at radius 3 is 2.33 bits per heavy atom. The lowest BCUT2D eigenvalue weighted by atomic mass is 10.1. The molecule has 0 aliphatic carbocycles. The normalized spacial score (nSPS) is 10.7. The van der Waals surface area contributed by atoms with E-state index in [2.05, 4.69) is 10.4 Å². The van der Waals surface area contributed by atoms with Crippen molar-refractivity contribution in [3.05, 3.63) is 60.3 Å². The average Bonchev–Trinajstić information content (AvgIpc) is 3.13. The predicted octanol–water partition coefficient (Wildman–Crippen LogP) is 3.69. The van der Waals surface area contributed by atoms with Crippen LogP contribution in [0.15, 0.2) is 54.6 Å². The van der Waals surface area contributed by atoms with Gasteiger partial charge in [-0.05, 0) is 56.3 Å². The van der Waals surface area contributed by atoms with Crippen molar-refractivity contribution in [3.8, 4) is 28.4 Å². The van der Waals surface area contributed by atoms with Crippen molar-refractivity contribution in [3.63, 3.8) is 0 Å². The summed E-state index contributed by atoms with van der Waals surface area (Å²) in [4.78, 5) is 12.7. The zero-order valence-corrected chi connectivity index (χ0v) is 15.9. The third-order valence-electron chi connectivity index (χ3n) is 4.04. The second-order valence-corrected chi connectivity index (χ2v) is 6.38. The van der Waals surface area contributed by atoms with Crippen molar-refractivity contribution in [1.29, 1.82) is 0 Å². The van der Waals surface area contributed by atoms with Gasteiger partial charge in [-0.1, -0.05) is 12.1 Å². The van der Waals surface area contributed by atoms with Crippen molar-refractivity contribution < 1.29 is 14.3 Å². The first-order chi connectivity index (χ1) is 13.0. The predicted molar refractivity (Wildman–Crippen MR) is 105 cm³/mol. The largest absolute Gasteiger partial charge is 0.497 e. The van der Waals surface area contributed by atoms with Crippen LogP contribution in [0.25, 0.3) is 16.9 Å². The molecule has 0 saturated carbocycles. The van der Waals surface area contributed by atoms with Gasteiger partial charge in [0.15, 0.2) is 0 Å². The van der Waals surface area contributed by atoms with Crippen molar-refractivity contribution in [2.45, 2.75) is 19.9 Å². The van der Waals surface area contributed by atoms with Gasteiger partial charge in [-0.3, -0.25) is 4.79 Å². The highest BCUT2D eigenvalue weighted by atomic mass is 16.5. The summed E-state index contributed by atoms with van der Waals surface area (Å²) >= 11 is 0. The molecule has 27 heavy (non-hydrogen) atoms. The number of rotatable bonds is 6. The molecule has 6 nitrogen and oxygen atoms in total. The number of hydrogen-bond donors (Lipinski definition) is 1. The molecule has 3 rings (SSSR count). The summed E-state index contributed by atoms with van der Waals surface area (Å²) in [5, 5.41) is 7.60. The summed E-state index contributed by atoms with van der Waals surface area (Å²) in [6.07, 6.45) is 0. The van der Waals surface area contributed by atoms with Crippen LogP contribution in [0.1, 0.15) is 24.3 Å². The molecule has 6 heteroatoms. The average molecular weight is 365 g/mol. The zero-order valence-electron chi connectivity index (χ0n) is 15.9. The number of carbonyl (C=O) groups is 1. The first kappa shape index (κ1) is 18.5. The topological polar surface area (TPSA) is 65.4 Å². The number of benzene rings is 2. The van der Waals surface area contributed by atoms with Crippen LogP contribution in [-0.2, 0) is 0 Å².